The molecule has 7 heteroatoms. The molecule has 124 valence electrons. The number of carbonyl (C=O) groups excluding carboxylic acids is 1. The normalized spacial score (nSPS) is 16.8. The van der Waals surface area contributed by atoms with Gasteiger partial charge >= 0.3 is 0 Å². The summed E-state index contributed by atoms with van der Waals surface area (Å²) < 4.78 is 20.9. The molecule has 1 fully saturated rings. The van der Waals surface area contributed by atoms with Crippen molar-refractivity contribution in [2.75, 3.05) is 13.2 Å². The van der Waals surface area contributed by atoms with Crippen molar-refractivity contribution in [2.24, 2.45) is 7.05 Å². The van der Waals surface area contributed by atoms with Gasteiger partial charge in [0, 0.05) is 37.9 Å². The monoisotopic (exact) mass is 328 g/mol. The Morgan fingerprint density at radius 2 is 2.42 bits per heavy atom. The Balaban J connectivity index is 1.73. The van der Waals surface area contributed by atoms with Crippen molar-refractivity contribution < 1.29 is 13.9 Å². The molecule has 1 N–H and O–H groups in total. The third-order valence-electron chi connectivity index (χ3n) is 4.04. The van der Waals surface area contributed by atoms with Gasteiger partial charge in [-0.2, -0.15) is 10.4 Å². The third kappa shape index (κ3) is 3.29. The zero-order valence-electron chi connectivity index (χ0n) is 13.3. The van der Waals surface area contributed by atoms with Gasteiger partial charge in [-0.3, -0.25) is 9.48 Å². The molecule has 0 saturated carbocycles. The summed E-state index contributed by atoms with van der Waals surface area (Å²) in [6.07, 6.45) is 2.50. The Bertz CT molecular complexity index is 803. The molecular formula is C17H17FN4O2. The van der Waals surface area contributed by atoms with E-state index < -0.39 is 5.82 Å². The van der Waals surface area contributed by atoms with E-state index in [0.29, 0.717) is 30.0 Å². The predicted octanol–water partition coefficient (Wildman–Crippen LogP) is 1.86. The third-order valence-corrected chi connectivity index (χ3v) is 4.04. The number of aryl methyl sites for hydroxylation is 1. The van der Waals surface area contributed by atoms with Gasteiger partial charge in [0.2, 0.25) is 0 Å². The van der Waals surface area contributed by atoms with Crippen LogP contribution in [0.2, 0.25) is 0 Å². The van der Waals surface area contributed by atoms with E-state index in [1.807, 2.05) is 6.07 Å². The number of aromatic nitrogens is 2. The molecule has 24 heavy (non-hydrogen) atoms. The van der Waals surface area contributed by atoms with Gasteiger partial charge in [0.1, 0.15) is 5.82 Å². The molecule has 0 radical (unpaired) electrons. The van der Waals surface area contributed by atoms with Crippen LogP contribution < -0.4 is 5.32 Å². The highest BCUT2D eigenvalue weighted by atomic mass is 19.1. The molecule has 1 aliphatic heterocycles. The van der Waals surface area contributed by atoms with Gasteiger partial charge in [-0.25, -0.2) is 4.39 Å². The van der Waals surface area contributed by atoms with E-state index in [4.69, 9.17) is 10.00 Å². The molecule has 0 spiro atoms. The number of nitrogens with zero attached hydrogens (tertiary/aromatic N) is 3. The minimum atomic E-state index is -0.509. The number of hydrogen-bond acceptors (Lipinski definition) is 4. The molecule has 1 amide bonds. The summed E-state index contributed by atoms with van der Waals surface area (Å²) in [6, 6.07) is 6.06. The number of carbonyl (C=O) groups is 1. The van der Waals surface area contributed by atoms with Gasteiger partial charge in [-0.15, -0.1) is 0 Å². The Hall–Kier alpha value is -2.72. The molecule has 0 aliphatic carbocycles. The van der Waals surface area contributed by atoms with Crippen LogP contribution in [0.5, 0.6) is 0 Å². The van der Waals surface area contributed by atoms with Gasteiger partial charge in [0.05, 0.1) is 29.5 Å². The van der Waals surface area contributed by atoms with Crippen LogP contribution in [0.1, 0.15) is 39.5 Å². The summed E-state index contributed by atoms with van der Waals surface area (Å²) in [7, 11) is 1.76. The van der Waals surface area contributed by atoms with Crippen LogP contribution in [0, 0.1) is 17.1 Å². The van der Waals surface area contributed by atoms with Crippen molar-refractivity contribution in [1.82, 2.24) is 15.1 Å². The summed E-state index contributed by atoms with van der Waals surface area (Å²) in [5, 5.41) is 15.8. The molecular weight excluding hydrogens is 311 g/mol. The maximum Gasteiger partial charge on any atom is 0.255 e. The summed E-state index contributed by atoms with van der Waals surface area (Å²) in [4.78, 5) is 12.5. The van der Waals surface area contributed by atoms with E-state index in [0.717, 1.165) is 12.5 Å². The van der Waals surface area contributed by atoms with E-state index in [9.17, 15) is 9.18 Å². The van der Waals surface area contributed by atoms with Crippen LogP contribution in [-0.4, -0.2) is 28.9 Å². The lowest BCUT2D eigenvalue weighted by molar-refractivity contribution is 0.0949. The summed E-state index contributed by atoms with van der Waals surface area (Å²) in [5.74, 6) is -0.697. The van der Waals surface area contributed by atoms with E-state index >= 15 is 0 Å². The molecule has 2 heterocycles. The van der Waals surface area contributed by atoms with Gasteiger partial charge in [-0.1, -0.05) is 6.07 Å². The van der Waals surface area contributed by atoms with Crippen LogP contribution >= 0.6 is 0 Å². The van der Waals surface area contributed by atoms with E-state index in [1.165, 1.54) is 12.1 Å². The second-order valence-electron chi connectivity index (χ2n) is 5.76. The second-order valence-corrected chi connectivity index (χ2v) is 5.76. The smallest absolute Gasteiger partial charge is 0.255 e. The molecule has 1 saturated heterocycles. The first kappa shape index (κ1) is 16.1. The number of nitriles is 1. The Morgan fingerprint density at radius 1 is 1.58 bits per heavy atom. The lowest BCUT2D eigenvalue weighted by Gasteiger charge is -2.09. The molecule has 6 nitrogen and oxygen atoms in total. The predicted molar refractivity (Wildman–Crippen MR) is 83.7 cm³/mol. The SMILES string of the molecule is Cn1cc(C(=O)NCc2ccc(C#N)cc2F)c([C@@H]2CCOC2)n1. The molecule has 0 bridgehead atoms. The number of amides is 1. The average Bonchev–Trinajstić information content (AvgIpc) is 3.22. The number of benzene rings is 1. The van der Waals surface area contributed by atoms with E-state index in [-0.39, 0.29) is 23.9 Å². The summed E-state index contributed by atoms with van der Waals surface area (Å²) in [6.45, 7) is 1.27. The van der Waals surface area contributed by atoms with Crippen molar-refractivity contribution in [2.45, 2.75) is 18.9 Å². The van der Waals surface area contributed by atoms with Gasteiger partial charge in [0.25, 0.3) is 5.91 Å². The molecule has 0 unspecified atom stereocenters. The van der Waals surface area contributed by atoms with Gasteiger partial charge in [-0.05, 0) is 18.6 Å². The van der Waals surface area contributed by atoms with Crippen molar-refractivity contribution in [1.29, 1.82) is 5.26 Å². The zero-order chi connectivity index (χ0) is 17.1. The molecule has 1 aromatic heterocycles. The van der Waals surface area contributed by atoms with Crippen LogP contribution in [-0.2, 0) is 18.3 Å². The highest BCUT2D eigenvalue weighted by Gasteiger charge is 2.26. The lowest BCUT2D eigenvalue weighted by atomic mass is 10.0. The van der Waals surface area contributed by atoms with Gasteiger partial charge in [0.15, 0.2) is 0 Å². The minimum absolute atomic E-state index is 0.0475. The Labute approximate surface area is 138 Å². The number of hydrogen-bond donors (Lipinski definition) is 1. The average molecular weight is 328 g/mol. The molecule has 1 aliphatic rings. The van der Waals surface area contributed by atoms with Crippen molar-refractivity contribution in [3.05, 3.63) is 52.6 Å². The van der Waals surface area contributed by atoms with Crippen LogP contribution in [0.3, 0.4) is 0 Å². The standard InChI is InChI=1S/C17H17FN4O2/c1-22-9-14(16(21-22)13-4-5-24-10-13)17(23)20-8-12-3-2-11(7-19)6-15(12)18/h2-3,6,9,13H,4-5,8,10H2,1H3,(H,20,23)/t13-/m1/s1. The first-order valence-corrected chi connectivity index (χ1v) is 7.66. The fourth-order valence-corrected chi connectivity index (χ4v) is 2.76. The van der Waals surface area contributed by atoms with Crippen molar-refractivity contribution >= 4 is 5.91 Å². The number of ether oxygens (including phenoxy) is 1. The van der Waals surface area contributed by atoms with Crippen LogP contribution in [0.15, 0.2) is 24.4 Å². The largest absolute Gasteiger partial charge is 0.381 e. The van der Waals surface area contributed by atoms with Crippen molar-refractivity contribution in [3.8, 4) is 6.07 Å². The fourth-order valence-electron chi connectivity index (χ4n) is 2.76. The lowest BCUT2D eigenvalue weighted by Crippen LogP contribution is -2.24. The summed E-state index contributed by atoms with van der Waals surface area (Å²) >= 11 is 0. The number of halogens is 1. The molecule has 1 aromatic carbocycles. The Morgan fingerprint density at radius 3 is 3.08 bits per heavy atom. The maximum absolute atomic E-state index is 13.9. The zero-order valence-corrected chi connectivity index (χ0v) is 13.3. The summed E-state index contributed by atoms with van der Waals surface area (Å²) in [5.41, 5.74) is 1.78. The second kappa shape index (κ2) is 6.81. The van der Waals surface area contributed by atoms with E-state index in [1.54, 1.807) is 17.9 Å². The molecule has 1 atom stereocenters. The van der Waals surface area contributed by atoms with Crippen LogP contribution in [0.4, 0.5) is 4.39 Å². The molecule has 3 rings (SSSR count). The van der Waals surface area contributed by atoms with E-state index in [2.05, 4.69) is 10.4 Å². The first-order chi connectivity index (χ1) is 11.6. The van der Waals surface area contributed by atoms with Crippen molar-refractivity contribution in [3.63, 3.8) is 0 Å². The van der Waals surface area contributed by atoms with Crippen LogP contribution in [0.25, 0.3) is 0 Å². The maximum atomic E-state index is 13.9. The number of nitrogens with one attached hydrogen (secondary N) is 1. The highest BCUT2D eigenvalue weighted by molar-refractivity contribution is 5.95. The Kier molecular flexibility index (Phi) is 4.58. The minimum Gasteiger partial charge on any atom is -0.381 e. The number of rotatable bonds is 4. The highest BCUT2D eigenvalue weighted by Crippen LogP contribution is 2.26. The first-order valence-electron chi connectivity index (χ1n) is 7.66. The molecule has 2 aromatic rings. The van der Waals surface area contributed by atoms with Gasteiger partial charge < -0.3 is 10.1 Å². The topological polar surface area (TPSA) is 79.9 Å². The fraction of sp³-hybridized carbons (Fsp3) is 0.353. The quantitative estimate of drug-likeness (QED) is 0.929.